The van der Waals surface area contributed by atoms with Gasteiger partial charge >= 0.3 is 0 Å². The minimum atomic E-state index is 0. The summed E-state index contributed by atoms with van der Waals surface area (Å²) < 4.78 is 21.6. The number of piperidine rings is 1. The van der Waals surface area contributed by atoms with Crippen LogP contribution in [0.4, 0.5) is 0 Å². The number of hydrogen-bond donors (Lipinski definition) is 0. The van der Waals surface area contributed by atoms with E-state index < -0.39 is 0 Å². The summed E-state index contributed by atoms with van der Waals surface area (Å²) in [6, 6.07) is 9.87. The van der Waals surface area contributed by atoms with Crippen LogP contribution in [-0.4, -0.2) is 70.3 Å². The van der Waals surface area contributed by atoms with Crippen LogP contribution in [0.15, 0.2) is 30.3 Å². The molecule has 4 rings (SSSR count). The van der Waals surface area contributed by atoms with Crippen molar-refractivity contribution in [3.8, 4) is 23.0 Å². The van der Waals surface area contributed by atoms with Gasteiger partial charge in [0.15, 0.2) is 23.0 Å². The fraction of sp³-hybridized carbons (Fsp3) is 0.500. The van der Waals surface area contributed by atoms with Gasteiger partial charge in [-0.2, -0.15) is 0 Å². The summed E-state index contributed by atoms with van der Waals surface area (Å²) in [7, 11) is 6.54. The van der Waals surface area contributed by atoms with E-state index in [9.17, 15) is 4.79 Å². The molecule has 0 bridgehead atoms. The largest absolute Gasteiger partial charge is 0.493 e. The first kappa shape index (κ1) is 26.0. The first-order chi connectivity index (χ1) is 16.1. The Morgan fingerprint density at radius 3 is 2.26 bits per heavy atom. The Kier molecular flexibility index (Phi) is 8.91. The molecule has 2 heterocycles. The number of carbonyl (C=O) groups is 1. The predicted octanol–water partition coefficient (Wildman–Crippen LogP) is 4.05. The molecule has 0 spiro atoms. The van der Waals surface area contributed by atoms with Crippen molar-refractivity contribution < 1.29 is 23.7 Å². The number of methoxy groups -OCH3 is 4. The van der Waals surface area contributed by atoms with Crippen LogP contribution in [-0.2, 0) is 13.0 Å². The summed E-state index contributed by atoms with van der Waals surface area (Å²) in [5.41, 5.74) is 2.97. The standard InChI is InChI=1S/C26H34N2O5.ClH/c1-30-22-8-7-18(12-23(22)31-2)15-27-10-5-6-19(16-27)17-28-11-9-20-13-24(32-3)25(33-4)14-21(20)26(28)29;/h7-8,12-14,19H,5-6,9-11,15-17H2,1-4H3;1H. The molecule has 1 amide bonds. The van der Waals surface area contributed by atoms with E-state index in [1.807, 2.05) is 23.1 Å². The molecule has 2 aliphatic rings. The van der Waals surface area contributed by atoms with Crippen molar-refractivity contribution in [3.05, 3.63) is 47.0 Å². The van der Waals surface area contributed by atoms with Crippen LogP contribution in [0.1, 0.15) is 34.3 Å². The van der Waals surface area contributed by atoms with E-state index in [0.717, 1.165) is 74.6 Å². The summed E-state index contributed by atoms with van der Waals surface area (Å²) in [4.78, 5) is 17.7. The molecule has 1 saturated heterocycles. The zero-order valence-corrected chi connectivity index (χ0v) is 21.3. The number of hydrogen-bond acceptors (Lipinski definition) is 6. The van der Waals surface area contributed by atoms with Crippen molar-refractivity contribution in [2.45, 2.75) is 25.8 Å². The first-order valence-electron chi connectivity index (χ1n) is 11.5. The number of ether oxygens (including phenoxy) is 4. The van der Waals surface area contributed by atoms with Crippen LogP contribution in [0.3, 0.4) is 0 Å². The Morgan fingerprint density at radius 2 is 1.56 bits per heavy atom. The quantitative estimate of drug-likeness (QED) is 0.556. The van der Waals surface area contributed by atoms with Gasteiger partial charge in [0.1, 0.15) is 0 Å². The number of amides is 1. The zero-order valence-electron chi connectivity index (χ0n) is 20.5. The molecule has 7 nitrogen and oxygen atoms in total. The summed E-state index contributed by atoms with van der Waals surface area (Å²) >= 11 is 0. The minimum absolute atomic E-state index is 0. The second-order valence-electron chi connectivity index (χ2n) is 8.80. The third kappa shape index (κ3) is 5.53. The lowest BCUT2D eigenvalue weighted by Crippen LogP contribution is -2.45. The smallest absolute Gasteiger partial charge is 0.254 e. The van der Waals surface area contributed by atoms with Gasteiger partial charge in [0.2, 0.25) is 0 Å². The second-order valence-corrected chi connectivity index (χ2v) is 8.80. The number of halogens is 1. The van der Waals surface area contributed by atoms with Crippen LogP contribution in [0.25, 0.3) is 0 Å². The van der Waals surface area contributed by atoms with Gasteiger partial charge in [0, 0.05) is 31.7 Å². The van der Waals surface area contributed by atoms with Gasteiger partial charge in [0.05, 0.1) is 28.4 Å². The molecule has 2 aromatic rings. The van der Waals surface area contributed by atoms with Crippen LogP contribution in [0, 0.1) is 5.92 Å². The van der Waals surface area contributed by atoms with Crippen LogP contribution < -0.4 is 18.9 Å². The van der Waals surface area contributed by atoms with Gasteiger partial charge in [-0.3, -0.25) is 9.69 Å². The molecular formula is C26H35ClN2O5. The molecular weight excluding hydrogens is 456 g/mol. The fourth-order valence-corrected chi connectivity index (χ4v) is 5.02. The molecule has 8 heteroatoms. The minimum Gasteiger partial charge on any atom is -0.493 e. The Bertz CT molecular complexity index is 999. The zero-order chi connectivity index (χ0) is 23.4. The molecule has 34 heavy (non-hydrogen) atoms. The van der Waals surface area contributed by atoms with E-state index in [2.05, 4.69) is 17.0 Å². The van der Waals surface area contributed by atoms with Crippen molar-refractivity contribution in [1.29, 1.82) is 0 Å². The van der Waals surface area contributed by atoms with E-state index in [1.165, 1.54) is 5.56 Å². The lowest BCUT2D eigenvalue weighted by atomic mass is 9.93. The fourth-order valence-electron chi connectivity index (χ4n) is 5.02. The molecule has 186 valence electrons. The highest BCUT2D eigenvalue weighted by atomic mass is 35.5. The van der Waals surface area contributed by atoms with Gasteiger partial charge in [-0.15, -0.1) is 12.4 Å². The van der Waals surface area contributed by atoms with Gasteiger partial charge in [-0.25, -0.2) is 0 Å². The highest BCUT2D eigenvalue weighted by Gasteiger charge is 2.30. The average molecular weight is 491 g/mol. The van der Waals surface area contributed by atoms with E-state index in [0.29, 0.717) is 17.4 Å². The van der Waals surface area contributed by atoms with Gasteiger partial charge in [0.25, 0.3) is 5.91 Å². The number of fused-ring (bicyclic) bond motifs is 1. The summed E-state index contributed by atoms with van der Waals surface area (Å²) in [6.07, 6.45) is 3.12. The summed E-state index contributed by atoms with van der Waals surface area (Å²) in [5.74, 6) is 3.34. The van der Waals surface area contributed by atoms with Gasteiger partial charge in [-0.1, -0.05) is 6.07 Å². The van der Waals surface area contributed by atoms with Gasteiger partial charge < -0.3 is 23.8 Å². The number of likely N-dealkylation sites (tertiary alicyclic amines) is 1. The number of nitrogens with zero attached hydrogens (tertiary/aromatic N) is 2. The molecule has 1 unspecified atom stereocenters. The number of benzene rings is 2. The maximum absolute atomic E-state index is 13.3. The molecule has 0 aromatic heterocycles. The summed E-state index contributed by atoms with van der Waals surface area (Å²) in [6.45, 7) is 4.45. The van der Waals surface area contributed by atoms with Crippen molar-refractivity contribution in [2.75, 3.05) is 54.6 Å². The van der Waals surface area contributed by atoms with Crippen LogP contribution in [0.2, 0.25) is 0 Å². The molecule has 0 saturated carbocycles. The molecule has 2 aliphatic heterocycles. The maximum Gasteiger partial charge on any atom is 0.254 e. The van der Waals surface area contributed by atoms with Crippen molar-refractivity contribution in [2.24, 2.45) is 5.92 Å². The van der Waals surface area contributed by atoms with Crippen molar-refractivity contribution in [3.63, 3.8) is 0 Å². The highest BCUT2D eigenvalue weighted by Crippen LogP contribution is 2.34. The molecule has 1 atom stereocenters. The van der Waals surface area contributed by atoms with Crippen LogP contribution in [0.5, 0.6) is 23.0 Å². The molecule has 1 fully saturated rings. The third-order valence-corrected chi connectivity index (χ3v) is 6.71. The first-order valence-corrected chi connectivity index (χ1v) is 11.5. The maximum atomic E-state index is 13.3. The SMILES string of the molecule is COc1ccc(CN2CCCC(CN3CCc4cc(OC)c(OC)cc4C3=O)C2)cc1OC.Cl. The van der Waals surface area contributed by atoms with Crippen LogP contribution >= 0.6 is 12.4 Å². The Morgan fingerprint density at radius 1 is 0.882 bits per heavy atom. The lowest BCUT2D eigenvalue weighted by molar-refractivity contribution is 0.0656. The van der Waals surface area contributed by atoms with E-state index in [-0.39, 0.29) is 18.3 Å². The van der Waals surface area contributed by atoms with Crippen molar-refractivity contribution in [1.82, 2.24) is 9.80 Å². The molecule has 0 aliphatic carbocycles. The Balaban J connectivity index is 0.00000324. The molecule has 2 aromatic carbocycles. The second kappa shape index (κ2) is 11.7. The monoisotopic (exact) mass is 490 g/mol. The van der Waals surface area contributed by atoms with E-state index >= 15 is 0 Å². The summed E-state index contributed by atoms with van der Waals surface area (Å²) in [5, 5.41) is 0. The normalized spacial score (nSPS) is 18.1. The average Bonchev–Trinajstić information content (AvgIpc) is 2.85. The van der Waals surface area contributed by atoms with Gasteiger partial charge in [-0.05, 0) is 67.1 Å². The molecule has 0 radical (unpaired) electrons. The van der Waals surface area contributed by atoms with E-state index in [4.69, 9.17) is 18.9 Å². The number of carbonyl (C=O) groups excluding carboxylic acids is 1. The lowest BCUT2D eigenvalue weighted by Gasteiger charge is -2.37. The Labute approximate surface area is 208 Å². The Hall–Kier alpha value is -2.64. The topological polar surface area (TPSA) is 60.5 Å². The van der Waals surface area contributed by atoms with Crippen molar-refractivity contribution >= 4 is 18.3 Å². The molecule has 0 N–H and O–H groups in total. The number of rotatable bonds is 8. The highest BCUT2D eigenvalue weighted by molar-refractivity contribution is 5.97. The third-order valence-electron chi connectivity index (χ3n) is 6.71. The predicted molar refractivity (Wildman–Crippen MR) is 134 cm³/mol. The van der Waals surface area contributed by atoms with E-state index in [1.54, 1.807) is 28.4 Å².